The van der Waals surface area contributed by atoms with Gasteiger partial charge in [0.15, 0.2) is 0 Å². The van der Waals surface area contributed by atoms with E-state index in [0.717, 1.165) is 4.88 Å². The lowest BCUT2D eigenvalue weighted by Gasteiger charge is -2.22. The molecule has 0 aliphatic carbocycles. The number of benzene rings is 1. The number of hydrogen-bond donors (Lipinski definition) is 1. The monoisotopic (exact) mass is 561 g/mol. The number of carbonyl (C=O) groups is 1. The van der Waals surface area contributed by atoms with E-state index in [1.165, 1.54) is 42.7 Å². The first-order valence-electron chi connectivity index (χ1n) is 10.6. The summed E-state index contributed by atoms with van der Waals surface area (Å²) in [6.45, 7) is 0. The molecule has 0 aliphatic heterocycles. The van der Waals surface area contributed by atoms with Gasteiger partial charge in [-0.2, -0.15) is 22.0 Å². The molecule has 5 nitrogen and oxygen atoms in total. The van der Waals surface area contributed by atoms with Crippen LogP contribution in [0.3, 0.4) is 0 Å². The molecule has 0 aliphatic rings. The number of aryl methyl sites for hydroxylation is 1. The van der Waals surface area contributed by atoms with Gasteiger partial charge in [-0.1, -0.05) is 11.6 Å². The maximum Gasteiger partial charge on any atom is 0.453 e. The number of esters is 1. The molecule has 1 unspecified atom stereocenters. The van der Waals surface area contributed by atoms with E-state index in [1.807, 2.05) is 0 Å². The molecule has 196 valence electrons. The summed E-state index contributed by atoms with van der Waals surface area (Å²) < 4.78 is 97.0. The van der Waals surface area contributed by atoms with E-state index in [1.54, 1.807) is 12.1 Å². The third-order valence-electron chi connectivity index (χ3n) is 5.13. The molecule has 1 aromatic heterocycles. The maximum atomic E-state index is 13.4. The number of ether oxygens (including phenoxy) is 1. The molecule has 1 heterocycles. The van der Waals surface area contributed by atoms with Crippen molar-refractivity contribution in [1.82, 2.24) is 4.72 Å². The van der Waals surface area contributed by atoms with Crippen LogP contribution < -0.4 is 4.72 Å². The number of sulfonamides is 1. The lowest BCUT2D eigenvalue weighted by Crippen LogP contribution is -2.36. The summed E-state index contributed by atoms with van der Waals surface area (Å²) in [5.41, 5.74) is 0. The number of halogens is 6. The van der Waals surface area contributed by atoms with E-state index in [9.17, 15) is 35.2 Å². The molecule has 35 heavy (non-hydrogen) atoms. The summed E-state index contributed by atoms with van der Waals surface area (Å²) in [6, 6.07) is 7.62. The summed E-state index contributed by atoms with van der Waals surface area (Å²) in [5.74, 6) is -5.20. The highest BCUT2D eigenvalue weighted by Crippen LogP contribution is 2.40. The molecule has 0 fully saturated rings. The Morgan fingerprint density at radius 3 is 2.31 bits per heavy atom. The van der Waals surface area contributed by atoms with Crippen molar-refractivity contribution in [3.8, 4) is 0 Å². The molecule has 0 spiro atoms. The van der Waals surface area contributed by atoms with Crippen LogP contribution in [0.15, 0.2) is 41.3 Å². The van der Waals surface area contributed by atoms with Crippen LogP contribution in [-0.2, 0) is 26.0 Å². The van der Waals surface area contributed by atoms with Gasteiger partial charge in [0.25, 0.3) is 0 Å². The second-order valence-corrected chi connectivity index (χ2v) is 11.2. The van der Waals surface area contributed by atoms with Gasteiger partial charge in [-0.05, 0) is 68.5 Å². The highest BCUT2D eigenvalue weighted by molar-refractivity contribution is 7.89. The number of alkyl halides is 5. The number of carbonyl (C=O) groups excluding carboxylic acids is 1. The van der Waals surface area contributed by atoms with Gasteiger partial charge in [-0.15, -0.1) is 11.3 Å². The van der Waals surface area contributed by atoms with Crippen LogP contribution in [0.2, 0.25) is 5.02 Å². The van der Waals surface area contributed by atoms with Crippen molar-refractivity contribution >= 4 is 38.9 Å². The maximum absolute atomic E-state index is 13.4. The van der Waals surface area contributed by atoms with E-state index in [-0.39, 0.29) is 23.7 Å². The van der Waals surface area contributed by atoms with E-state index in [2.05, 4.69) is 9.46 Å². The minimum atomic E-state index is -5.67. The predicted molar refractivity (Wildman–Crippen MR) is 123 cm³/mol. The van der Waals surface area contributed by atoms with E-state index in [4.69, 9.17) is 11.6 Å². The number of thiophene rings is 1. The molecular weight excluding hydrogens is 537 g/mol. The smallest absolute Gasteiger partial charge is 0.453 e. The zero-order chi connectivity index (χ0) is 26.3. The van der Waals surface area contributed by atoms with Crippen LogP contribution in [-0.4, -0.2) is 33.6 Å². The number of unbranched alkanes of at least 4 members (excludes halogenated alkanes) is 1. The summed E-state index contributed by atoms with van der Waals surface area (Å²) in [5, 5.41) is 0.310. The standard InChI is InChI=1S/C22H25ClF5NO4S2/c1-33-20(30)7-3-2-5-16-10-13-19(34-16)18(6-4-14-21(24,25)22(26,27)28)29-35(31,32)17-11-8-15(23)9-12-17/h8-13,18,29H,2-7,14H2,1H3. The largest absolute Gasteiger partial charge is 0.469 e. The van der Waals surface area contributed by atoms with Gasteiger partial charge in [-0.3, -0.25) is 4.79 Å². The zero-order valence-corrected chi connectivity index (χ0v) is 21.1. The first-order valence-corrected chi connectivity index (χ1v) is 13.3. The van der Waals surface area contributed by atoms with E-state index >= 15 is 0 Å². The van der Waals surface area contributed by atoms with Crippen molar-refractivity contribution < 1.29 is 39.9 Å². The molecule has 0 saturated carbocycles. The van der Waals surface area contributed by atoms with Gasteiger partial charge in [0.2, 0.25) is 10.0 Å². The topological polar surface area (TPSA) is 72.5 Å². The fourth-order valence-corrected chi connectivity index (χ4v) is 5.78. The van der Waals surface area contributed by atoms with Gasteiger partial charge in [0.1, 0.15) is 0 Å². The number of rotatable bonds is 13. The zero-order valence-electron chi connectivity index (χ0n) is 18.7. The van der Waals surface area contributed by atoms with Gasteiger partial charge in [-0.25, -0.2) is 13.1 Å². The molecule has 1 N–H and O–H groups in total. The average Bonchev–Trinajstić information content (AvgIpc) is 3.24. The van der Waals surface area contributed by atoms with Gasteiger partial charge < -0.3 is 4.74 Å². The van der Waals surface area contributed by atoms with Crippen LogP contribution >= 0.6 is 22.9 Å². The van der Waals surface area contributed by atoms with Gasteiger partial charge in [0, 0.05) is 27.6 Å². The van der Waals surface area contributed by atoms with Crippen molar-refractivity contribution in [1.29, 1.82) is 0 Å². The molecule has 0 bridgehead atoms. The van der Waals surface area contributed by atoms with Crippen molar-refractivity contribution in [2.24, 2.45) is 0 Å². The predicted octanol–water partition coefficient (Wildman–Crippen LogP) is 6.67. The van der Waals surface area contributed by atoms with Gasteiger partial charge in [0.05, 0.1) is 18.0 Å². The summed E-state index contributed by atoms with van der Waals surface area (Å²) >= 11 is 7.02. The molecule has 2 rings (SSSR count). The number of hydrogen-bond acceptors (Lipinski definition) is 5. The van der Waals surface area contributed by atoms with Crippen LogP contribution in [0, 0.1) is 0 Å². The summed E-state index contributed by atoms with van der Waals surface area (Å²) in [6.07, 6.45) is -5.87. The third kappa shape index (κ3) is 9.00. The Morgan fingerprint density at radius 1 is 1.06 bits per heavy atom. The lowest BCUT2D eigenvalue weighted by molar-refractivity contribution is -0.284. The SMILES string of the molecule is COC(=O)CCCCc1ccc(C(CCCC(F)(F)C(F)(F)F)NS(=O)(=O)c2ccc(Cl)cc2)s1. The van der Waals surface area contributed by atoms with Crippen LogP contribution in [0.25, 0.3) is 0 Å². The molecule has 13 heteroatoms. The fraction of sp³-hybridized carbons (Fsp3) is 0.500. The van der Waals surface area contributed by atoms with Crippen molar-refractivity contribution in [2.75, 3.05) is 7.11 Å². The van der Waals surface area contributed by atoms with Crippen molar-refractivity contribution in [3.05, 3.63) is 51.2 Å². The van der Waals surface area contributed by atoms with Crippen molar-refractivity contribution in [3.63, 3.8) is 0 Å². The Hall–Kier alpha value is -1.76. The third-order valence-corrected chi connectivity index (χ3v) is 8.13. The van der Waals surface area contributed by atoms with Crippen LogP contribution in [0.1, 0.15) is 54.3 Å². The molecule has 0 radical (unpaired) electrons. The quantitative estimate of drug-likeness (QED) is 0.168. The van der Waals surface area contributed by atoms with E-state index < -0.39 is 41.0 Å². The summed E-state index contributed by atoms with van der Waals surface area (Å²) in [4.78, 5) is 12.4. The fourth-order valence-electron chi connectivity index (χ4n) is 3.19. The highest BCUT2D eigenvalue weighted by Gasteiger charge is 2.56. The summed E-state index contributed by atoms with van der Waals surface area (Å²) in [7, 11) is -2.81. The minimum absolute atomic E-state index is 0.118. The second-order valence-electron chi connectivity index (χ2n) is 7.81. The molecule has 0 saturated heterocycles. The molecule has 0 amide bonds. The van der Waals surface area contributed by atoms with Crippen LogP contribution in [0.5, 0.6) is 0 Å². The molecule has 1 aromatic carbocycles. The minimum Gasteiger partial charge on any atom is -0.469 e. The average molecular weight is 562 g/mol. The lowest BCUT2D eigenvalue weighted by atomic mass is 10.1. The van der Waals surface area contributed by atoms with Crippen molar-refractivity contribution in [2.45, 2.75) is 68.0 Å². The first-order chi connectivity index (χ1) is 16.2. The van der Waals surface area contributed by atoms with E-state index in [0.29, 0.717) is 29.2 Å². The Balaban J connectivity index is 2.15. The molecular formula is C22H25ClF5NO4S2. The number of nitrogens with one attached hydrogen (secondary N) is 1. The normalized spacial score (nSPS) is 13.6. The Bertz CT molecular complexity index is 1070. The molecule has 1 atom stereocenters. The number of methoxy groups -OCH3 is 1. The van der Waals surface area contributed by atoms with Gasteiger partial charge >= 0.3 is 18.1 Å². The van der Waals surface area contributed by atoms with Crippen LogP contribution in [0.4, 0.5) is 22.0 Å². The second kappa shape index (κ2) is 12.5. The highest BCUT2D eigenvalue weighted by atomic mass is 35.5. The Labute approximate surface area is 209 Å². The first kappa shape index (κ1) is 29.5. The Kier molecular flexibility index (Phi) is 10.5. The Morgan fingerprint density at radius 2 is 1.71 bits per heavy atom. The molecule has 2 aromatic rings.